The van der Waals surface area contributed by atoms with Crippen LogP contribution in [-0.4, -0.2) is 33.3 Å². The third kappa shape index (κ3) is 5.02. The van der Waals surface area contributed by atoms with Crippen LogP contribution in [0.1, 0.15) is 12.8 Å². The van der Waals surface area contributed by atoms with Gasteiger partial charge in [-0.1, -0.05) is 41.9 Å². The minimum absolute atomic E-state index is 0.0531. The van der Waals surface area contributed by atoms with Crippen LogP contribution in [0.15, 0.2) is 83.8 Å². The lowest BCUT2D eigenvalue weighted by atomic mass is 10.2. The van der Waals surface area contributed by atoms with Gasteiger partial charge in [0, 0.05) is 24.3 Å². The van der Waals surface area contributed by atoms with E-state index in [1.54, 1.807) is 71.6 Å². The number of anilines is 3. The van der Waals surface area contributed by atoms with Gasteiger partial charge in [0.1, 0.15) is 6.54 Å². The highest BCUT2D eigenvalue weighted by Gasteiger charge is 2.28. The van der Waals surface area contributed by atoms with Crippen LogP contribution in [0.25, 0.3) is 0 Å². The fraction of sp³-hybridized carbons (Fsp3) is 0.167. The normalized spacial score (nSPS) is 13.7. The van der Waals surface area contributed by atoms with Crippen LogP contribution in [-0.2, 0) is 19.6 Å². The van der Waals surface area contributed by atoms with Gasteiger partial charge < -0.3 is 10.2 Å². The molecule has 2 amide bonds. The number of hydrogen-bond acceptors (Lipinski definition) is 4. The Kier molecular flexibility index (Phi) is 6.67. The molecule has 4 rings (SSSR count). The molecule has 3 aromatic rings. The molecule has 0 unspecified atom stereocenters. The van der Waals surface area contributed by atoms with Crippen LogP contribution < -0.4 is 14.5 Å². The summed E-state index contributed by atoms with van der Waals surface area (Å²) in [5, 5.41) is 2.94. The summed E-state index contributed by atoms with van der Waals surface area (Å²) in [5.74, 6) is -0.451. The number of benzene rings is 3. The minimum atomic E-state index is -4.04. The smallest absolute Gasteiger partial charge is 0.264 e. The molecule has 1 fully saturated rings. The number of sulfonamides is 1. The monoisotopic (exact) mass is 483 g/mol. The molecule has 0 aliphatic carbocycles. The number of nitrogens with zero attached hydrogens (tertiary/aromatic N) is 2. The first-order valence-electron chi connectivity index (χ1n) is 10.4. The molecule has 170 valence electrons. The Morgan fingerprint density at radius 2 is 1.64 bits per heavy atom. The highest BCUT2D eigenvalue weighted by molar-refractivity contribution is 7.92. The molecule has 9 heteroatoms. The van der Waals surface area contributed by atoms with Crippen LogP contribution in [0.5, 0.6) is 0 Å². The van der Waals surface area contributed by atoms with Gasteiger partial charge in [-0.15, -0.1) is 0 Å². The first-order valence-corrected chi connectivity index (χ1v) is 12.2. The van der Waals surface area contributed by atoms with Gasteiger partial charge in [-0.05, 0) is 55.0 Å². The van der Waals surface area contributed by atoms with Crippen molar-refractivity contribution in [3.05, 3.63) is 83.9 Å². The van der Waals surface area contributed by atoms with E-state index in [-0.39, 0.29) is 21.5 Å². The maximum atomic E-state index is 13.3. The number of hydrogen-bond donors (Lipinski definition) is 1. The van der Waals surface area contributed by atoms with E-state index in [0.717, 1.165) is 16.4 Å². The van der Waals surface area contributed by atoms with Crippen molar-refractivity contribution in [2.24, 2.45) is 0 Å². The fourth-order valence-corrected chi connectivity index (χ4v) is 5.40. The Morgan fingerprint density at radius 3 is 2.27 bits per heavy atom. The minimum Gasteiger partial charge on any atom is -0.325 e. The van der Waals surface area contributed by atoms with Gasteiger partial charge in [-0.2, -0.15) is 0 Å². The zero-order chi connectivity index (χ0) is 23.4. The summed E-state index contributed by atoms with van der Waals surface area (Å²) in [4.78, 5) is 26.5. The predicted octanol–water partition coefficient (Wildman–Crippen LogP) is 4.30. The Morgan fingerprint density at radius 1 is 0.970 bits per heavy atom. The molecule has 0 atom stereocenters. The number of nitrogens with one attached hydrogen (secondary N) is 1. The van der Waals surface area contributed by atoms with Crippen LogP contribution >= 0.6 is 11.6 Å². The summed E-state index contributed by atoms with van der Waals surface area (Å²) in [7, 11) is -4.04. The van der Waals surface area contributed by atoms with Crippen LogP contribution in [0, 0.1) is 0 Å². The highest BCUT2D eigenvalue weighted by Crippen LogP contribution is 2.30. The van der Waals surface area contributed by atoms with Gasteiger partial charge in [0.25, 0.3) is 10.0 Å². The van der Waals surface area contributed by atoms with E-state index in [9.17, 15) is 18.0 Å². The average Bonchev–Trinajstić information content (AvgIpc) is 3.25. The Labute approximate surface area is 197 Å². The van der Waals surface area contributed by atoms with Crippen molar-refractivity contribution in [2.75, 3.05) is 27.6 Å². The second-order valence-corrected chi connectivity index (χ2v) is 9.79. The summed E-state index contributed by atoms with van der Waals surface area (Å²) in [6.07, 6.45) is 1.36. The van der Waals surface area contributed by atoms with Crippen molar-refractivity contribution in [1.29, 1.82) is 0 Å². The molecular formula is C24H22ClN3O4S. The maximum absolute atomic E-state index is 13.3. The fourth-order valence-electron chi connectivity index (χ4n) is 3.65. The summed E-state index contributed by atoms with van der Waals surface area (Å²) in [6, 6.07) is 21.2. The second kappa shape index (κ2) is 9.64. The molecule has 0 spiro atoms. The summed E-state index contributed by atoms with van der Waals surface area (Å²) >= 11 is 6.28. The second-order valence-electron chi connectivity index (χ2n) is 7.52. The molecule has 0 aromatic heterocycles. The number of para-hydroxylation sites is 1. The zero-order valence-corrected chi connectivity index (χ0v) is 19.2. The summed E-state index contributed by atoms with van der Waals surface area (Å²) in [6.45, 7) is 0.210. The van der Waals surface area contributed by atoms with E-state index in [2.05, 4.69) is 5.32 Å². The maximum Gasteiger partial charge on any atom is 0.264 e. The quantitative estimate of drug-likeness (QED) is 0.542. The van der Waals surface area contributed by atoms with Crippen molar-refractivity contribution in [3.8, 4) is 0 Å². The lowest BCUT2D eigenvalue weighted by molar-refractivity contribution is -0.117. The largest absolute Gasteiger partial charge is 0.325 e. The number of amides is 2. The average molecular weight is 484 g/mol. The van der Waals surface area contributed by atoms with Gasteiger partial charge in [0.15, 0.2) is 0 Å². The van der Waals surface area contributed by atoms with Crippen molar-refractivity contribution >= 4 is 50.5 Å². The van der Waals surface area contributed by atoms with E-state index in [4.69, 9.17) is 11.6 Å². The molecule has 1 saturated heterocycles. The van der Waals surface area contributed by atoms with E-state index in [0.29, 0.717) is 18.7 Å². The van der Waals surface area contributed by atoms with Crippen LogP contribution in [0.2, 0.25) is 5.02 Å². The SMILES string of the molecule is O=C(CN(c1ccccc1Cl)S(=O)(=O)c1ccccc1)Nc1ccc(N2CCCC2=O)cc1. The van der Waals surface area contributed by atoms with Gasteiger partial charge in [0.05, 0.1) is 15.6 Å². The number of rotatable bonds is 7. The molecule has 33 heavy (non-hydrogen) atoms. The number of carbonyl (C=O) groups excluding carboxylic acids is 2. The van der Waals surface area contributed by atoms with Gasteiger partial charge in [0.2, 0.25) is 11.8 Å². The molecule has 7 nitrogen and oxygen atoms in total. The first-order chi connectivity index (χ1) is 15.9. The van der Waals surface area contributed by atoms with E-state index in [1.807, 2.05) is 0 Å². The van der Waals surface area contributed by atoms with E-state index < -0.39 is 22.5 Å². The van der Waals surface area contributed by atoms with E-state index in [1.165, 1.54) is 12.1 Å². The summed E-state index contributed by atoms with van der Waals surface area (Å²) < 4.78 is 27.7. The molecule has 0 bridgehead atoms. The van der Waals surface area contributed by atoms with Crippen molar-refractivity contribution in [3.63, 3.8) is 0 Å². The van der Waals surface area contributed by atoms with E-state index >= 15 is 0 Å². The Bertz CT molecular complexity index is 1260. The van der Waals surface area contributed by atoms with Crippen molar-refractivity contribution in [2.45, 2.75) is 17.7 Å². The van der Waals surface area contributed by atoms with Gasteiger partial charge >= 0.3 is 0 Å². The van der Waals surface area contributed by atoms with Crippen LogP contribution in [0.3, 0.4) is 0 Å². The third-order valence-corrected chi connectivity index (χ3v) is 7.37. The summed E-state index contributed by atoms with van der Waals surface area (Å²) in [5.41, 5.74) is 1.47. The molecule has 1 aliphatic heterocycles. The van der Waals surface area contributed by atoms with Crippen molar-refractivity contribution < 1.29 is 18.0 Å². The van der Waals surface area contributed by atoms with Crippen molar-refractivity contribution in [1.82, 2.24) is 0 Å². The molecule has 1 aliphatic rings. The molecular weight excluding hydrogens is 462 g/mol. The molecule has 1 heterocycles. The van der Waals surface area contributed by atoms with Gasteiger partial charge in [-0.3, -0.25) is 13.9 Å². The molecule has 0 saturated carbocycles. The topological polar surface area (TPSA) is 86.8 Å². The first kappa shape index (κ1) is 22.8. The Hall–Kier alpha value is -3.36. The lowest BCUT2D eigenvalue weighted by Crippen LogP contribution is -2.38. The standard InChI is InChI=1S/C24H22ClN3O4S/c25-21-9-4-5-10-22(21)28(33(31,32)20-7-2-1-3-8-20)17-23(29)26-18-12-14-19(15-13-18)27-16-6-11-24(27)30/h1-5,7-10,12-15H,6,11,16-17H2,(H,26,29). The zero-order valence-electron chi connectivity index (χ0n) is 17.6. The molecule has 1 N–H and O–H groups in total. The molecule has 0 radical (unpaired) electrons. The van der Waals surface area contributed by atoms with Gasteiger partial charge in [-0.25, -0.2) is 8.42 Å². The number of carbonyl (C=O) groups is 2. The third-order valence-electron chi connectivity index (χ3n) is 5.28. The Balaban J connectivity index is 1.56. The number of halogens is 1. The highest BCUT2D eigenvalue weighted by atomic mass is 35.5. The lowest BCUT2D eigenvalue weighted by Gasteiger charge is -2.25. The van der Waals surface area contributed by atoms with Crippen LogP contribution in [0.4, 0.5) is 17.1 Å². The molecule has 3 aromatic carbocycles. The predicted molar refractivity (Wildman–Crippen MR) is 129 cm³/mol.